The number of aliphatic hydroxyl groups is 1. The Morgan fingerprint density at radius 3 is 2.53 bits per heavy atom. The molecule has 0 radical (unpaired) electrons. The van der Waals surface area contributed by atoms with Crippen molar-refractivity contribution in [2.45, 2.75) is 31.8 Å². The second-order valence-corrected chi connectivity index (χ2v) is 4.17. The number of benzene rings is 1. The van der Waals surface area contributed by atoms with Crippen molar-refractivity contribution >= 4 is 12.0 Å². The predicted molar refractivity (Wildman–Crippen MR) is 67.6 cm³/mol. The summed E-state index contributed by atoms with van der Waals surface area (Å²) >= 11 is 0. The molecule has 1 rings (SSSR count). The zero-order chi connectivity index (χ0) is 12.7. The van der Waals surface area contributed by atoms with Crippen LogP contribution < -0.4 is 0 Å². The van der Waals surface area contributed by atoms with Crippen molar-refractivity contribution in [1.29, 1.82) is 0 Å². The Morgan fingerprint density at radius 2 is 2.00 bits per heavy atom. The maximum atomic E-state index is 10.7. The second kappa shape index (κ2) is 6.21. The highest BCUT2D eigenvalue weighted by Gasteiger charge is 2.25. The van der Waals surface area contributed by atoms with Gasteiger partial charge in [-0.05, 0) is 12.0 Å². The van der Waals surface area contributed by atoms with Crippen LogP contribution in [0.1, 0.15) is 31.7 Å². The molecular weight excluding hydrogens is 216 g/mol. The van der Waals surface area contributed by atoms with Crippen molar-refractivity contribution < 1.29 is 15.0 Å². The highest BCUT2D eigenvalue weighted by Crippen LogP contribution is 2.20. The zero-order valence-corrected chi connectivity index (χ0v) is 9.97. The van der Waals surface area contributed by atoms with Crippen LogP contribution in [-0.2, 0) is 4.79 Å². The molecule has 17 heavy (non-hydrogen) atoms. The van der Waals surface area contributed by atoms with Gasteiger partial charge < -0.3 is 10.2 Å². The van der Waals surface area contributed by atoms with E-state index < -0.39 is 11.6 Å². The third-order valence-corrected chi connectivity index (χ3v) is 2.53. The summed E-state index contributed by atoms with van der Waals surface area (Å²) in [6.07, 6.45) is 4.27. The molecule has 0 saturated heterocycles. The number of carboxylic acid groups (broad SMARTS) is 1. The summed E-state index contributed by atoms with van der Waals surface area (Å²) in [4.78, 5) is 10.7. The first-order valence-electron chi connectivity index (χ1n) is 5.74. The summed E-state index contributed by atoms with van der Waals surface area (Å²) in [6, 6.07) is 9.52. The fourth-order valence-electron chi connectivity index (χ4n) is 1.74. The number of aliphatic carboxylic acids is 1. The minimum absolute atomic E-state index is 0.260. The molecule has 0 amide bonds. The molecule has 0 heterocycles. The SMILES string of the molecule is CCCC(O)(C=Cc1ccccc1)CC(=O)O. The van der Waals surface area contributed by atoms with Gasteiger partial charge in [0.05, 0.1) is 12.0 Å². The fourth-order valence-corrected chi connectivity index (χ4v) is 1.74. The Morgan fingerprint density at radius 1 is 1.35 bits per heavy atom. The monoisotopic (exact) mass is 234 g/mol. The highest BCUT2D eigenvalue weighted by molar-refractivity contribution is 5.69. The molecule has 0 aliphatic rings. The summed E-state index contributed by atoms with van der Waals surface area (Å²) < 4.78 is 0. The smallest absolute Gasteiger partial charge is 0.306 e. The summed E-state index contributed by atoms with van der Waals surface area (Å²) in [6.45, 7) is 1.92. The van der Waals surface area contributed by atoms with Gasteiger partial charge in [0.25, 0.3) is 0 Å². The van der Waals surface area contributed by atoms with Crippen molar-refractivity contribution in [2.75, 3.05) is 0 Å². The van der Waals surface area contributed by atoms with Crippen LogP contribution in [0, 0.1) is 0 Å². The standard InChI is InChI=1S/C14H18O3/c1-2-9-14(17,11-13(15)16)10-8-12-6-4-3-5-7-12/h3-8,10,17H,2,9,11H2,1H3,(H,15,16). The topological polar surface area (TPSA) is 57.5 Å². The number of rotatable bonds is 6. The third kappa shape index (κ3) is 4.83. The number of carboxylic acids is 1. The predicted octanol–water partition coefficient (Wildman–Crippen LogP) is 2.71. The lowest BCUT2D eigenvalue weighted by atomic mass is 9.93. The molecule has 92 valence electrons. The van der Waals surface area contributed by atoms with Gasteiger partial charge in [0, 0.05) is 0 Å². The quantitative estimate of drug-likeness (QED) is 0.795. The molecule has 1 unspecified atom stereocenters. The van der Waals surface area contributed by atoms with Crippen molar-refractivity contribution in [3.63, 3.8) is 0 Å². The molecule has 3 nitrogen and oxygen atoms in total. The van der Waals surface area contributed by atoms with Gasteiger partial charge in [0.1, 0.15) is 0 Å². The molecule has 0 bridgehead atoms. The molecule has 3 heteroatoms. The van der Waals surface area contributed by atoms with Crippen LogP contribution in [0.3, 0.4) is 0 Å². The van der Waals surface area contributed by atoms with Crippen LogP contribution in [0.25, 0.3) is 6.08 Å². The lowest BCUT2D eigenvalue weighted by Crippen LogP contribution is -2.29. The number of hydrogen-bond acceptors (Lipinski definition) is 2. The van der Waals surface area contributed by atoms with Crippen LogP contribution in [-0.4, -0.2) is 21.8 Å². The average Bonchev–Trinajstić information content (AvgIpc) is 2.27. The van der Waals surface area contributed by atoms with Crippen molar-refractivity contribution in [2.24, 2.45) is 0 Å². The Bertz CT molecular complexity index is 384. The lowest BCUT2D eigenvalue weighted by Gasteiger charge is -2.21. The Hall–Kier alpha value is -1.61. The minimum atomic E-state index is -1.25. The molecule has 0 aliphatic heterocycles. The first-order valence-corrected chi connectivity index (χ1v) is 5.74. The van der Waals surface area contributed by atoms with Crippen LogP contribution >= 0.6 is 0 Å². The van der Waals surface area contributed by atoms with Crippen molar-refractivity contribution in [3.8, 4) is 0 Å². The molecule has 0 fully saturated rings. The van der Waals surface area contributed by atoms with E-state index in [0.29, 0.717) is 6.42 Å². The molecule has 1 aromatic rings. The normalized spacial score (nSPS) is 14.7. The minimum Gasteiger partial charge on any atom is -0.481 e. The summed E-state index contributed by atoms with van der Waals surface area (Å²) in [5.74, 6) is -0.987. The maximum Gasteiger partial charge on any atom is 0.306 e. The van der Waals surface area contributed by atoms with Crippen LogP contribution in [0.15, 0.2) is 36.4 Å². The van der Waals surface area contributed by atoms with E-state index in [1.807, 2.05) is 37.3 Å². The molecule has 0 saturated carbocycles. The van der Waals surface area contributed by atoms with Gasteiger partial charge in [-0.3, -0.25) is 4.79 Å². The van der Waals surface area contributed by atoms with Crippen molar-refractivity contribution in [1.82, 2.24) is 0 Å². The van der Waals surface area contributed by atoms with Crippen molar-refractivity contribution in [3.05, 3.63) is 42.0 Å². The average molecular weight is 234 g/mol. The first kappa shape index (κ1) is 13.5. The fraction of sp³-hybridized carbons (Fsp3) is 0.357. The Balaban J connectivity index is 2.79. The highest BCUT2D eigenvalue weighted by atomic mass is 16.4. The van der Waals surface area contributed by atoms with Gasteiger partial charge in [-0.15, -0.1) is 0 Å². The molecule has 2 N–H and O–H groups in total. The first-order chi connectivity index (χ1) is 8.06. The van der Waals surface area contributed by atoms with E-state index in [4.69, 9.17) is 5.11 Å². The van der Waals surface area contributed by atoms with Crippen LogP contribution in [0.4, 0.5) is 0 Å². The molecule has 0 aromatic heterocycles. The van der Waals surface area contributed by atoms with Gasteiger partial charge in [0.15, 0.2) is 0 Å². The van der Waals surface area contributed by atoms with Crippen LogP contribution in [0.5, 0.6) is 0 Å². The van der Waals surface area contributed by atoms with Gasteiger partial charge >= 0.3 is 5.97 Å². The summed E-state index contributed by atoms with van der Waals surface area (Å²) in [5, 5.41) is 19.0. The second-order valence-electron chi connectivity index (χ2n) is 4.17. The summed E-state index contributed by atoms with van der Waals surface area (Å²) in [7, 11) is 0. The number of hydrogen-bond donors (Lipinski definition) is 2. The maximum absolute atomic E-state index is 10.7. The molecule has 0 spiro atoms. The van der Waals surface area contributed by atoms with E-state index in [9.17, 15) is 9.90 Å². The van der Waals surface area contributed by atoms with E-state index in [1.54, 1.807) is 12.2 Å². The van der Waals surface area contributed by atoms with Gasteiger partial charge in [-0.1, -0.05) is 55.8 Å². The summed E-state index contributed by atoms with van der Waals surface area (Å²) in [5.41, 5.74) is -0.302. The van der Waals surface area contributed by atoms with E-state index in [0.717, 1.165) is 12.0 Å². The van der Waals surface area contributed by atoms with Gasteiger partial charge in [-0.2, -0.15) is 0 Å². The van der Waals surface area contributed by atoms with E-state index in [2.05, 4.69) is 0 Å². The van der Waals surface area contributed by atoms with E-state index >= 15 is 0 Å². The zero-order valence-electron chi connectivity index (χ0n) is 9.97. The van der Waals surface area contributed by atoms with E-state index in [1.165, 1.54) is 0 Å². The Kier molecular flexibility index (Phi) is 4.91. The van der Waals surface area contributed by atoms with E-state index in [-0.39, 0.29) is 6.42 Å². The number of carbonyl (C=O) groups is 1. The molecule has 1 aromatic carbocycles. The molecule has 0 aliphatic carbocycles. The lowest BCUT2D eigenvalue weighted by molar-refractivity contribution is -0.141. The Labute approximate surface area is 101 Å². The third-order valence-electron chi connectivity index (χ3n) is 2.53. The van der Waals surface area contributed by atoms with Gasteiger partial charge in [0.2, 0.25) is 0 Å². The molecular formula is C14H18O3. The van der Waals surface area contributed by atoms with Gasteiger partial charge in [-0.25, -0.2) is 0 Å². The van der Waals surface area contributed by atoms with Crippen LogP contribution in [0.2, 0.25) is 0 Å². The molecule has 1 atom stereocenters. The largest absolute Gasteiger partial charge is 0.481 e.